The van der Waals surface area contributed by atoms with Crippen molar-refractivity contribution in [1.29, 1.82) is 5.41 Å². The number of amides is 1. The van der Waals surface area contributed by atoms with Gasteiger partial charge in [0.2, 0.25) is 0 Å². The van der Waals surface area contributed by atoms with Gasteiger partial charge in [0.1, 0.15) is 0 Å². The van der Waals surface area contributed by atoms with Crippen LogP contribution in [0.1, 0.15) is 27.0 Å². The van der Waals surface area contributed by atoms with Gasteiger partial charge in [-0.15, -0.1) is 0 Å². The summed E-state index contributed by atoms with van der Waals surface area (Å²) < 4.78 is 78.0. The smallest absolute Gasteiger partial charge is 0.321 e. The maximum atomic E-state index is 12.9. The van der Waals surface area contributed by atoms with E-state index in [1.165, 1.54) is 23.7 Å². The quantitative estimate of drug-likeness (QED) is 0.220. The summed E-state index contributed by atoms with van der Waals surface area (Å²) in [7, 11) is 0. The fraction of sp³-hybridized carbons (Fsp3) is 0.125. The number of hydrogen-bond donors (Lipinski definition) is 4. The van der Waals surface area contributed by atoms with Crippen LogP contribution < -0.4 is 10.8 Å². The molecule has 0 saturated heterocycles. The zero-order valence-electron chi connectivity index (χ0n) is 13.5. The number of hydrogen-bond acceptors (Lipinski definition) is 3. The fourth-order valence-electron chi connectivity index (χ4n) is 2.17. The molecule has 0 aliphatic rings. The van der Waals surface area contributed by atoms with Crippen molar-refractivity contribution in [2.75, 3.05) is 5.32 Å². The van der Waals surface area contributed by atoms with E-state index in [1.807, 2.05) is 0 Å². The topological polar surface area (TPSA) is 85.2 Å². The Balaban J connectivity index is 2.49. The van der Waals surface area contributed by atoms with Gasteiger partial charge in [0, 0.05) is 15.6 Å². The van der Waals surface area contributed by atoms with Gasteiger partial charge < -0.3 is 5.32 Å². The highest BCUT2D eigenvalue weighted by atomic mass is 79.9. The van der Waals surface area contributed by atoms with Crippen LogP contribution in [0.3, 0.4) is 0 Å². The van der Waals surface area contributed by atoms with Crippen molar-refractivity contribution in [1.82, 2.24) is 5.48 Å². The number of benzene rings is 2. The van der Waals surface area contributed by atoms with Crippen LogP contribution in [-0.2, 0) is 12.4 Å². The van der Waals surface area contributed by atoms with Crippen LogP contribution >= 0.6 is 15.9 Å². The Labute approximate surface area is 162 Å². The molecule has 5 nitrogen and oxygen atoms in total. The first-order valence-electron chi connectivity index (χ1n) is 7.22. The van der Waals surface area contributed by atoms with Crippen LogP contribution in [0.25, 0.3) is 0 Å². The number of rotatable bonds is 3. The average molecular weight is 470 g/mol. The van der Waals surface area contributed by atoms with Gasteiger partial charge in [-0.3, -0.25) is 20.9 Å². The summed E-state index contributed by atoms with van der Waals surface area (Å²) in [6, 6.07) is 4.46. The number of carbonyl (C=O) groups is 1. The number of amidine groups is 1. The molecule has 12 heteroatoms. The minimum Gasteiger partial charge on any atom is -0.321 e. The van der Waals surface area contributed by atoms with Crippen LogP contribution in [0.4, 0.5) is 32.0 Å². The molecule has 2 rings (SSSR count). The summed E-state index contributed by atoms with van der Waals surface area (Å²) in [4.78, 5) is 12.3. The molecule has 4 N–H and O–H groups in total. The lowest BCUT2D eigenvalue weighted by Gasteiger charge is -2.15. The molecule has 0 atom stereocenters. The zero-order valence-corrected chi connectivity index (χ0v) is 15.1. The second-order valence-electron chi connectivity index (χ2n) is 5.43. The summed E-state index contributed by atoms with van der Waals surface area (Å²) >= 11 is 3.10. The fourth-order valence-corrected chi connectivity index (χ4v) is 2.53. The molecular weight excluding hydrogens is 460 g/mol. The maximum Gasteiger partial charge on any atom is 0.416 e. The highest BCUT2D eigenvalue weighted by molar-refractivity contribution is 9.10. The van der Waals surface area contributed by atoms with Crippen LogP contribution in [0.2, 0.25) is 0 Å². The van der Waals surface area contributed by atoms with E-state index in [4.69, 9.17) is 10.6 Å². The Bertz CT molecular complexity index is 895. The normalized spacial score (nSPS) is 11.9. The van der Waals surface area contributed by atoms with E-state index in [-0.39, 0.29) is 17.3 Å². The second-order valence-corrected chi connectivity index (χ2v) is 6.34. The van der Waals surface area contributed by atoms with Crippen molar-refractivity contribution in [3.05, 3.63) is 63.1 Å². The lowest BCUT2D eigenvalue weighted by Crippen LogP contribution is -2.22. The minimum atomic E-state index is -5.10. The molecule has 150 valence electrons. The number of carbonyl (C=O) groups excluding carboxylic acids is 1. The number of halogens is 7. The zero-order chi connectivity index (χ0) is 21.3. The molecule has 0 aliphatic carbocycles. The van der Waals surface area contributed by atoms with E-state index < -0.39 is 40.8 Å². The van der Waals surface area contributed by atoms with Crippen molar-refractivity contribution >= 4 is 33.4 Å². The van der Waals surface area contributed by atoms with E-state index in [1.54, 1.807) is 0 Å². The van der Waals surface area contributed by atoms with Crippen LogP contribution in [0.5, 0.6) is 0 Å². The van der Waals surface area contributed by atoms with Crippen LogP contribution in [0, 0.1) is 5.41 Å². The van der Waals surface area contributed by atoms with Gasteiger partial charge in [0.25, 0.3) is 5.91 Å². The van der Waals surface area contributed by atoms with Gasteiger partial charge in [-0.05, 0) is 36.4 Å². The molecule has 28 heavy (non-hydrogen) atoms. The number of alkyl halides is 6. The molecular formula is C16H10BrF6N3O2. The van der Waals surface area contributed by atoms with Gasteiger partial charge in [-0.1, -0.05) is 15.9 Å². The molecule has 0 saturated carbocycles. The summed E-state index contributed by atoms with van der Waals surface area (Å²) in [5, 5.41) is 18.6. The minimum absolute atomic E-state index is 0.0618. The Hall–Kier alpha value is -2.60. The molecule has 2 aromatic rings. The van der Waals surface area contributed by atoms with Gasteiger partial charge in [0.05, 0.1) is 16.8 Å². The largest absolute Gasteiger partial charge is 0.416 e. The van der Waals surface area contributed by atoms with E-state index >= 15 is 0 Å². The first-order valence-corrected chi connectivity index (χ1v) is 8.01. The molecule has 0 aliphatic heterocycles. The van der Waals surface area contributed by atoms with E-state index in [0.29, 0.717) is 16.6 Å². The lowest BCUT2D eigenvalue weighted by atomic mass is 10.0. The van der Waals surface area contributed by atoms with Crippen LogP contribution in [0.15, 0.2) is 40.9 Å². The number of anilines is 1. The summed E-state index contributed by atoms with van der Waals surface area (Å²) in [5.41, 5.74) is -2.79. The summed E-state index contributed by atoms with van der Waals surface area (Å²) in [5.74, 6) is -1.82. The van der Waals surface area contributed by atoms with Crippen molar-refractivity contribution < 1.29 is 36.3 Å². The van der Waals surface area contributed by atoms with Crippen molar-refractivity contribution in [3.63, 3.8) is 0 Å². The Morgan fingerprint density at radius 2 is 1.50 bits per heavy atom. The predicted molar refractivity (Wildman–Crippen MR) is 90.3 cm³/mol. The summed E-state index contributed by atoms with van der Waals surface area (Å²) in [6.07, 6.45) is -10.2. The first kappa shape index (κ1) is 21.7. The second kappa shape index (κ2) is 7.80. The van der Waals surface area contributed by atoms with Gasteiger partial charge in [-0.25, -0.2) is 0 Å². The van der Waals surface area contributed by atoms with Crippen molar-refractivity contribution in [2.45, 2.75) is 12.4 Å². The Morgan fingerprint density at radius 1 is 0.964 bits per heavy atom. The monoisotopic (exact) mass is 469 g/mol. The third kappa shape index (κ3) is 5.01. The standard InChI is InChI=1S/C16H10BrF6N3O2/c17-10-1-2-12(11(6-10)13(24)26-28)25-14(27)7-3-8(15(18,19)20)5-9(4-7)16(21,22)23/h1-6,28H,(H2,24,26)(H,25,27). The molecule has 0 aromatic heterocycles. The number of nitrogens with one attached hydrogen (secondary N) is 3. The number of hydroxylamine groups is 1. The van der Waals surface area contributed by atoms with E-state index in [0.717, 1.165) is 0 Å². The van der Waals surface area contributed by atoms with Gasteiger partial charge in [-0.2, -0.15) is 26.3 Å². The van der Waals surface area contributed by atoms with E-state index in [9.17, 15) is 31.1 Å². The highest BCUT2D eigenvalue weighted by Crippen LogP contribution is 2.36. The lowest BCUT2D eigenvalue weighted by molar-refractivity contribution is -0.143. The molecule has 0 heterocycles. The van der Waals surface area contributed by atoms with Crippen molar-refractivity contribution in [2.24, 2.45) is 0 Å². The molecule has 0 radical (unpaired) electrons. The van der Waals surface area contributed by atoms with Crippen LogP contribution in [-0.4, -0.2) is 17.0 Å². The molecule has 0 spiro atoms. The molecule has 0 unspecified atom stereocenters. The maximum absolute atomic E-state index is 12.9. The van der Waals surface area contributed by atoms with Crippen molar-refractivity contribution in [3.8, 4) is 0 Å². The molecule has 0 fully saturated rings. The summed E-state index contributed by atoms with van der Waals surface area (Å²) in [6.45, 7) is 0. The third-order valence-corrected chi connectivity index (χ3v) is 3.95. The average Bonchev–Trinajstić information content (AvgIpc) is 2.60. The first-order chi connectivity index (χ1) is 12.8. The third-order valence-electron chi connectivity index (χ3n) is 3.46. The Morgan fingerprint density at radius 3 is 1.96 bits per heavy atom. The van der Waals surface area contributed by atoms with E-state index in [2.05, 4.69) is 21.2 Å². The molecule has 0 bridgehead atoms. The molecule has 2 aromatic carbocycles. The molecule has 1 amide bonds. The highest BCUT2D eigenvalue weighted by Gasteiger charge is 2.37. The SMILES string of the molecule is N=C(NO)c1cc(Br)ccc1NC(=O)c1cc(C(F)(F)F)cc(C(F)(F)F)c1. The van der Waals surface area contributed by atoms with Gasteiger partial charge >= 0.3 is 12.4 Å². The predicted octanol–water partition coefficient (Wildman–Crippen LogP) is 5.04. The Kier molecular flexibility index (Phi) is 6.04. The van der Waals surface area contributed by atoms with Gasteiger partial charge in [0.15, 0.2) is 5.84 Å².